The highest BCUT2D eigenvalue weighted by atomic mass is 35.5. The highest BCUT2D eigenvalue weighted by molar-refractivity contribution is 6.29. The van der Waals surface area contributed by atoms with Gasteiger partial charge in [-0.1, -0.05) is 11.6 Å². The van der Waals surface area contributed by atoms with E-state index in [1.165, 1.54) is 0 Å². The summed E-state index contributed by atoms with van der Waals surface area (Å²) in [6, 6.07) is 1.65. The molecule has 1 saturated heterocycles. The molecule has 4 nitrogen and oxygen atoms in total. The lowest BCUT2D eigenvalue weighted by molar-refractivity contribution is 0.0946. The molecule has 72 valence electrons. The second-order valence-electron chi connectivity index (χ2n) is 3.21. The van der Waals surface area contributed by atoms with E-state index in [0.717, 1.165) is 19.4 Å². The maximum absolute atomic E-state index is 5.70. The Morgan fingerprint density at radius 1 is 1.77 bits per heavy atom. The van der Waals surface area contributed by atoms with Gasteiger partial charge in [0, 0.05) is 12.7 Å². The molecule has 0 bridgehead atoms. The summed E-state index contributed by atoms with van der Waals surface area (Å²) in [5.41, 5.74) is 5.68. The minimum Gasteiger partial charge on any atom is -0.384 e. The number of rotatable bonds is 2. The van der Waals surface area contributed by atoms with Crippen molar-refractivity contribution in [1.29, 1.82) is 0 Å². The molecule has 0 aromatic carbocycles. The van der Waals surface area contributed by atoms with E-state index in [2.05, 4.69) is 5.10 Å². The average Bonchev–Trinajstić information content (AvgIpc) is 2.63. The first kappa shape index (κ1) is 8.84. The van der Waals surface area contributed by atoms with Crippen LogP contribution in [-0.4, -0.2) is 22.5 Å². The molecule has 2 rings (SSSR count). The molecule has 0 amide bonds. The highest BCUT2D eigenvalue weighted by Gasteiger charge is 2.17. The largest absolute Gasteiger partial charge is 0.384 e. The van der Waals surface area contributed by atoms with Gasteiger partial charge in [-0.2, -0.15) is 5.10 Å². The smallest absolute Gasteiger partial charge is 0.153 e. The molecule has 0 spiro atoms. The van der Waals surface area contributed by atoms with E-state index in [1.54, 1.807) is 10.7 Å². The summed E-state index contributed by atoms with van der Waals surface area (Å²) in [5.74, 6) is 0.598. The van der Waals surface area contributed by atoms with E-state index in [9.17, 15) is 0 Å². The summed E-state index contributed by atoms with van der Waals surface area (Å²) in [6.07, 6.45) is 2.45. The SMILES string of the molecule is Nc1cc(Cl)nn1C[C@@H]1CCCO1. The first-order valence-corrected chi connectivity index (χ1v) is 4.74. The molecular formula is C8H12ClN3O. The van der Waals surface area contributed by atoms with Crippen LogP contribution in [0.1, 0.15) is 12.8 Å². The Labute approximate surface area is 81.6 Å². The molecule has 0 aliphatic carbocycles. The number of halogens is 1. The molecule has 1 atom stereocenters. The van der Waals surface area contributed by atoms with Crippen molar-refractivity contribution in [3.8, 4) is 0 Å². The normalized spacial score (nSPS) is 22.4. The van der Waals surface area contributed by atoms with Crippen molar-refractivity contribution in [3.05, 3.63) is 11.2 Å². The fraction of sp³-hybridized carbons (Fsp3) is 0.625. The van der Waals surface area contributed by atoms with E-state index in [0.29, 0.717) is 17.5 Å². The zero-order chi connectivity index (χ0) is 9.26. The Hall–Kier alpha value is -0.740. The molecule has 1 aromatic heterocycles. The number of nitrogens with two attached hydrogens (primary N) is 1. The Morgan fingerprint density at radius 3 is 3.15 bits per heavy atom. The maximum atomic E-state index is 5.70. The fourth-order valence-corrected chi connectivity index (χ4v) is 1.73. The Bertz CT molecular complexity index is 294. The topological polar surface area (TPSA) is 53.1 Å². The molecule has 0 saturated carbocycles. The lowest BCUT2D eigenvalue weighted by Crippen LogP contribution is -2.17. The van der Waals surface area contributed by atoms with Gasteiger partial charge in [-0.25, -0.2) is 4.68 Å². The third kappa shape index (κ3) is 1.95. The van der Waals surface area contributed by atoms with Crippen LogP contribution < -0.4 is 5.73 Å². The van der Waals surface area contributed by atoms with Crippen LogP contribution in [0.2, 0.25) is 5.15 Å². The van der Waals surface area contributed by atoms with Crippen molar-refractivity contribution in [2.45, 2.75) is 25.5 Å². The lowest BCUT2D eigenvalue weighted by atomic mass is 10.2. The van der Waals surface area contributed by atoms with Crippen molar-refractivity contribution in [2.75, 3.05) is 12.3 Å². The van der Waals surface area contributed by atoms with Gasteiger partial charge >= 0.3 is 0 Å². The van der Waals surface area contributed by atoms with Gasteiger partial charge in [0.05, 0.1) is 12.6 Å². The Balaban J connectivity index is 2.03. The predicted octanol–water partition coefficient (Wildman–Crippen LogP) is 1.30. The Morgan fingerprint density at radius 2 is 2.62 bits per heavy atom. The number of nitrogen functional groups attached to an aromatic ring is 1. The molecule has 1 aromatic rings. The number of anilines is 1. The van der Waals surface area contributed by atoms with Gasteiger partial charge < -0.3 is 10.5 Å². The third-order valence-electron chi connectivity index (χ3n) is 2.18. The van der Waals surface area contributed by atoms with Crippen molar-refractivity contribution >= 4 is 17.4 Å². The molecule has 1 aliphatic rings. The summed E-state index contributed by atoms with van der Waals surface area (Å²) in [4.78, 5) is 0. The molecular weight excluding hydrogens is 190 g/mol. The minimum atomic E-state index is 0.248. The second-order valence-corrected chi connectivity index (χ2v) is 3.60. The van der Waals surface area contributed by atoms with E-state index in [4.69, 9.17) is 22.1 Å². The first-order chi connectivity index (χ1) is 6.25. The maximum Gasteiger partial charge on any atom is 0.153 e. The van der Waals surface area contributed by atoms with Gasteiger partial charge in [-0.05, 0) is 12.8 Å². The molecule has 2 heterocycles. The molecule has 0 unspecified atom stereocenters. The van der Waals surface area contributed by atoms with Crippen molar-refractivity contribution < 1.29 is 4.74 Å². The molecule has 5 heteroatoms. The molecule has 0 radical (unpaired) electrons. The van der Waals surface area contributed by atoms with Gasteiger partial charge in [-0.3, -0.25) is 0 Å². The fourth-order valence-electron chi connectivity index (χ4n) is 1.53. The van der Waals surface area contributed by atoms with Crippen LogP contribution in [0.4, 0.5) is 5.82 Å². The molecule has 1 aliphatic heterocycles. The van der Waals surface area contributed by atoms with Gasteiger partial charge in [0.1, 0.15) is 5.82 Å². The zero-order valence-corrected chi connectivity index (χ0v) is 8.00. The van der Waals surface area contributed by atoms with Crippen molar-refractivity contribution in [3.63, 3.8) is 0 Å². The predicted molar refractivity (Wildman–Crippen MR) is 50.6 cm³/mol. The molecule has 2 N–H and O–H groups in total. The number of aromatic nitrogens is 2. The minimum absolute atomic E-state index is 0.248. The first-order valence-electron chi connectivity index (χ1n) is 4.36. The number of nitrogens with zero attached hydrogens (tertiary/aromatic N) is 2. The third-order valence-corrected chi connectivity index (χ3v) is 2.37. The molecule has 1 fully saturated rings. The van der Waals surface area contributed by atoms with Gasteiger partial charge in [0.2, 0.25) is 0 Å². The van der Waals surface area contributed by atoms with Crippen LogP contribution in [-0.2, 0) is 11.3 Å². The van der Waals surface area contributed by atoms with Crippen LogP contribution in [0, 0.1) is 0 Å². The monoisotopic (exact) mass is 201 g/mol. The summed E-state index contributed by atoms with van der Waals surface area (Å²) in [7, 11) is 0. The lowest BCUT2D eigenvalue weighted by Gasteiger charge is -2.09. The van der Waals surface area contributed by atoms with E-state index in [1.807, 2.05) is 0 Å². The van der Waals surface area contributed by atoms with Crippen LogP contribution in [0.3, 0.4) is 0 Å². The van der Waals surface area contributed by atoms with E-state index >= 15 is 0 Å². The summed E-state index contributed by atoms with van der Waals surface area (Å²) >= 11 is 5.70. The van der Waals surface area contributed by atoms with Crippen LogP contribution in [0.25, 0.3) is 0 Å². The van der Waals surface area contributed by atoms with Crippen LogP contribution >= 0.6 is 11.6 Å². The van der Waals surface area contributed by atoms with Gasteiger partial charge in [-0.15, -0.1) is 0 Å². The Kier molecular flexibility index (Phi) is 2.42. The number of ether oxygens (including phenoxy) is 1. The van der Waals surface area contributed by atoms with Gasteiger partial charge in [0.15, 0.2) is 5.15 Å². The summed E-state index contributed by atoms with van der Waals surface area (Å²) < 4.78 is 7.15. The highest BCUT2D eigenvalue weighted by Crippen LogP contribution is 2.17. The van der Waals surface area contributed by atoms with Gasteiger partial charge in [0.25, 0.3) is 0 Å². The van der Waals surface area contributed by atoms with Crippen molar-refractivity contribution in [2.24, 2.45) is 0 Å². The molecule has 13 heavy (non-hydrogen) atoms. The summed E-state index contributed by atoms with van der Waals surface area (Å²) in [6.45, 7) is 1.55. The number of hydrogen-bond donors (Lipinski definition) is 1. The number of hydrogen-bond acceptors (Lipinski definition) is 3. The van der Waals surface area contributed by atoms with E-state index < -0.39 is 0 Å². The van der Waals surface area contributed by atoms with Crippen LogP contribution in [0.15, 0.2) is 6.07 Å². The second kappa shape index (κ2) is 3.55. The quantitative estimate of drug-likeness (QED) is 0.785. The zero-order valence-electron chi connectivity index (χ0n) is 7.24. The standard InChI is InChI=1S/C8H12ClN3O/c9-7-4-8(10)12(11-7)5-6-2-1-3-13-6/h4,6H,1-3,5,10H2/t6-/m0/s1. The van der Waals surface area contributed by atoms with Crippen LogP contribution in [0.5, 0.6) is 0 Å². The van der Waals surface area contributed by atoms with E-state index in [-0.39, 0.29) is 6.10 Å². The average molecular weight is 202 g/mol. The van der Waals surface area contributed by atoms with Crippen molar-refractivity contribution in [1.82, 2.24) is 9.78 Å². The summed E-state index contributed by atoms with van der Waals surface area (Å²) in [5, 5.41) is 4.49.